The standard InChI is InChI=1S/C21H16N2O2S/c24-26(25,17-9-5-2-6-10-17)18-12-13-19-20(22-23-21(19)15-18)14-11-16-7-3-1-4-8-16/h1-15H,(H,22,23)/b14-11+. The molecule has 0 spiro atoms. The third-order valence-electron chi connectivity index (χ3n) is 4.16. The van der Waals surface area contributed by atoms with Crippen LogP contribution in [-0.2, 0) is 9.84 Å². The SMILES string of the molecule is O=S(=O)(c1ccccc1)c1ccc2c(/C=C/c3ccccc3)n[nH]c2c1. The van der Waals surface area contributed by atoms with Gasteiger partial charge in [0.1, 0.15) is 0 Å². The van der Waals surface area contributed by atoms with Crippen LogP contribution in [0, 0.1) is 0 Å². The monoisotopic (exact) mass is 360 g/mol. The summed E-state index contributed by atoms with van der Waals surface area (Å²) < 4.78 is 25.5. The maximum absolute atomic E-state index is 12.7. The van der Waals surface area contributed by atoms with Gasteiger partial charge in [0.2, 0.25) is 9.84 Å². The van der Waals surface area contributed by atoms with E-state index in [-0.39, 0.29) is 9.79 Å². The Morgan fingerprint density at radius 3 is 2.19 bits per heavy atom. The molecule has 0 atom stereocenters. The molecule has 4 rings (SSSR count). The van der Waals surface area contributed by atoms with E-state index in [4.69, 9.17) is 0 Å². The lowest BCUT2D eigenvalue weighted by atomic mass is 10.1. The fourth-order valence-corrected chi connectivity index (χ4v) is 4.10. The van der Waals surface area contributed by atoms with Crippen LogP contribution in [0.4, 0.5) is 0 Å². The molecular formula is C21H16N2O2S. The molecule has 26 heavy (non-hydrogen) atoms. The van der Waals surface area contributed by atoms with E-state index in [0.717, 1.165) is 16.6 Å². The molecule has 0 unspecified atom stereocenters. The van der Waals surface area contributed by atoms with Crippen molar-refractivity contribution >= 4 is 32.9 Å². The second-order valence-corrected chi connectivity index (χ2v) is 7.83. The molecule has 0 bridgehead atoms. The topological polar surface area (TPSA) is 62.8 Å². The van der Waals surface area contributed by atoms with Gasteiger partial charge < -0.3 is 0 Å². The van der Waals surface area contributed by atoms with Gasteiger partial charge in [-0.25, -0.2) is 8.42 Å². The number of hydrogen-bond acceptors (Lipinski definition) is 3. The van der Waals surface area contributed by atoms with Gasteiger partial charge in [-0.2, -0.15) is 5.10 Å². The predicted molar refractivity (Wildman–Crippen MR) is 103 cm³/mol. The normalized spacial score (nSPS) is 12.0. The Hall–Kier alpha value is -3.18. The lowest BCUT2D eigenvalue weighted by molar-refractivity contribution is 0.596. The first-order valence-corrected chi connectivity index (χ1v) is 9.64. The second kappa shape index (κ2) is 6.61. The maximum Gasteiger partial charge on any atom is 0.206 e. The Bertz CT molecular complexity index is 1180. The van der Waals surface area contributed by atoms with Gasteiger partial charge in [0.05, 0.1) is 21.0 Å². The Balaban J connectivity index is 1.71. The van der Waals surface area contributed by atoms with Crippen LogP contribution in [0.5, 0.6) is 0 Å². The first-order chi connectivity index (χ1) is 12.6. The highest BCUT2D eigenvalue weighted by Gasteiger charge is 2.18. The molecule has 4 nitrogen and oxygen atoms in total. The van der Waals surface area contributed by atoms with Gasteiger partial charge in [-0.1, -0.05) is 54.6 Å². The third-order valence-corrected chi connectivity index (χ3v) is 5.93. The summed E-state index contributed by atoms with van der Waals surface area (Å²) in [6.45, 7) is 0. The average Bonchev–Trinajstić information content (AvgIpc) is 3.10. The second-order valence-electron chi connectivity index (χ2n) is 5.88. The van der Waals surface area contributed by atoms with E-state index >= 15 is 0 Å². The lowest BCUT2D eigenvalue weighted by Gasteiger charge is -2.04. The van der Waals surface area contributed by atoms with Crippen LogP contribution in [0.15, 0.2) is 88.7 Å². The molecule has 0 aliphatic carbocycles. The van der Waals surface area contributed by atoms with Crippen LogP contribution in [0.25, 0.3) is 23.1 Å². The van der Waals surface area contributed by atoms with E-state index in [0.29, 0.717) is 5.52 Å². The molecule has 0 saturated carbocycles. The molecule has 0 radical (unpaired) electrons. The molecular weight excluding hydrogens is 344 g/mol. The zero-order valence-electron chi connectivity index (χ0n) is 13.8. The van der Waals surface area contributed by atoms with Gasteiger partial charge in [-0.05, 0) is 42.0 Å². The molecule has 3 aromatic carbocycles. The summed E-state index contributed by atoms with van der Waals surface area (Å²) in [7, 11) is -3.54. The van der Waals surface area contributed by atoms with Crippen molar-refractivity contribution in [3.8, 4) is 0 Å². The van der Waals surface area contributed by atoms with Crippen molar-refractivity contribution in [2.45, 2.75) is 9.79 Å². The van der Waals surface area contributed by atoms with E-state index in [9.17, 15) is 8.42 Å². The molecule has 0 aliphatic heterocycles. The van der Waals surface area contributed by atoms with Crippen molar-refractivity contribution in [3.05, 3.63) is 90.1 Å². The highest BCUT2D eigenvalue weighted by Crippen LogP contribution is 2.25. The molecule has 1 aromatic heterocycles. The van der Waals surface area contributed by atoms with Crippen molar-refractivity contribution in [2.75, 3.05) is 0 Å². The Morgan fingerprint density at radius 2 is 1.46 bits per heavy atom. The van der Waals surface area contributed by atoms with Crippen molar-refractivity contribution < 1.29 is 8.42 Å². The quantitative estimate of drug-likeness (QED) is 0.580. The number of H-pyrrole nitrogens is 1. The molecule has 1 N–H and O–H groups in total. The first kappa shape index (κ1) is 16.3. The molecule has 0 aliphatic rings. The number of rotatable bonds is 4. The van der Waals surface area contributed by atoms with Crippen molar-refractivity contribution in [1.29, 1.82) is 0 Å². The van der Waals surface area contributed by atoms with E-state index in [2.05, 4.69) is 10.2 Å². The Kier molecular flexibility index (Phi) is 4.14. The van der Waals surface area contributed by atoms with Crippen molar-refractivity contribution in [2.24, 2.45) is 0 Å². The summed E-state index contributed by atoms with van der Waals surface area (Å²) in [6, 6.07) is 23.4. The number of fused-ring (bicyclic) bond motifs is 1. The van der Waals surface area contributed by atoms with Gasteiger partial charge >= 0.3 is 0 Å². The predicted octanol–water partition coefficient (Wildman–Crippen LogP) is 4.57. The van der Waals surface area contributed by atoms with E-state index in [1.165, 1.54) is 0 Å². The Morgan fingerprint density at radius 1 is 0.769 bits per heavy atom. The van der Waals surface area contributed by atoms with Crippen LogP contribution in [0.1, 0.15) is 11.3 Å². The number of aromatic amines is 1. The van der Waals surface area contributed by atoms with Gasteiger partial charge in [0, 0.05) is 5.39 Å². The minimum Gasteiger partial charge on any atom is -0.277 e. The van der Waals surface area contributed by atoms with Gasteiger partial charge in [-0.15, -0.1) is 0 Å². The molecule has 0 amide bonds. The fraction of sp³-hybridized carbons (Fsp3) is 0. The highest BCUT2D eigenvalue weighted by molar-refractivity contribution is 7.91. The summed E-state index contributed by atoms with van der Waals surface area (Å²) in [5.41, 5.74) is 2.54. The van der Waals surface area contributed by atoms with Crippen LogP contribution in [-0.4, -0.2) is 18.6 Å². The zero-order chi connectivity index (χ0) is 18.0. The Labute approximate surface area is 151 Å². The number of sulfone groups is 1. The van der Waals surface area contributed by atoms with Crippen LogP contribution >= 0.6 is 0 Å². The smallest absolute Gasteiger partial charge is 0.206 e. The summed E-state index contributed by atoms with van der Waals surface area (Å²) >= 11 is 0. The fourth-order valence-electron chi connectivity index (χ4n) is 2.79. The number of benzene rings is 3. The van der Waals surface area contributed by atoms with Gasteiger partial charge in [0.15, 0.2) is 0 Å². The van der Waals surface area contributed by atoms with Gasteiger partial charge in [0.25, 0.3) is 0 Å². The molecule has 1 heterocycles. The maximum atomic E-state index is 12.7. The summed E-state index contributed by atoms with van der Waals surface area (Å²) in [5, 5.41) is 8.10. The zero-order valence-corrected chi connectivity index (χ0v) is 14.6. The van der Waals surface area contributed by atoms with E-state index in [1.54, 1.807) is 48.5 Å². The average molecular weight is 360 g/mol. The summed E-state index contributed by atoms with van der Waals surface area (Å²) in [6.07, 6.45) is 3.89. The lowest BCUT2D eigenvalue weighted by Crippen LogP contribution is -2.01. The third kappa shape index (κ3) is 3.05. The number of aromatic nitrogens is 2. The van der Waals surface area contributed by atoms with Crippen LogP contribution in [0.2, 0.25) is 0 Å². The largest absolute Gasteiger partial charge is 0.277 e. The molecule has 5 heteroatoms. The molecule has 4 aromatic rings. The minimum atomic E-state index is -3.54. The number of nitrogens with zero attached hydrogens (tertiary/aromatic N) is 1. The number of nitrogens with one attached hydrogen (secondary N) is 1. The van der Waals surface area contributed by atoms with Crippen molar-refractivity contribution in [3.63, 3.8) is 0 Å². The van der Waals surface area contributed by atoms with Crippen LogP contribution in [0.3, 0.4) is 0 Å². The molecule has 0 saturated heterocycles. The first-order valence-electron chi connectivity index (χ1n) is 8.16. The molecule has 128 valence electrons. The van der Waals surface area contributed by atoms with Gasteiger partial charge in [-0.3, -0.25) is 5.10 Å². The number of hydrogen-bond donors (Lipinski definition) is 1. The highest BCUT2D eigenvalue weighted by atomic mass is 32.2. The van der Waals surface area contributed by atoms with Crippen LogP contribution < -0.4 is 0 Å². The van der Waals surface area contributed by atoms with E-state index in [1.807, 2.05) is 42.5 Å². The summed E-state index contributed by atoms with van der Waals surface area (Å²) in [5.74, 6) is 0. The van der Waals surface area contributed by atoms with Crippen molar-refractivity contribution in [1.82, 2.24) is 10.2 Å². The van der Waals surface area contributed by atoms with E-state index < -0.39 is 9.84 Å². The minimum absolute atomic E-state index is 0.249. The molecule has 0 fully saturated rings. The summed E-state index contributed by atoms with van der Waals surface area (Å²) in [4.78, 5) is 0.529.